The van der Waals surface area contributed by atoms with Crippen molar-refractivity contribution in [1.82, 2.24) is 10.0 Å². The highest BCUT2D eigenvalue weighted by Gasteiger charge is 2.12. The van der Waals surface area contributed by atoms with Crippen LogP contribution in [-0.2, 0) is 27.1 Å². The van der Waals surface area contributed by atoms with E-state index in [1.807, 2.05) is 30.3 Å². The topological polar surface area (TPSA) is 75.3 Å². The molecule has 0 fully saturated rings. The number of amides is 1. The van der Waals surface area contributed by atoms with Crippen LogP contribution in [-0.4, -0.2) is 27.1 Å². The molecule has 2 aromatic rings. The number of benzene rings is 2. The minimum absolute atomic E-state index is 0.0232. The van der Waals surface area contributed by atoms with Gasteiger partial charge in [-0.15, -0.1) is 11.8 Å². The van der Waals surface area contributed by atoms with Crippen molar-refractivity contribution >= 4 is 27.7 Å². The Labute approximate surface area is 159 Å². The second-order valence-electron chi connectivity index (χ2n) is 5.77. The molecule has 0 unspecified atom stereocenters. The van der Waals surface area contributed by atoms with Crippen LogP contribution in [0.2, 0.25) is 0 Å². The van der Waals surface area contributed by atoms with E-state index in [-0.39, 0.29) is 11.7 Å². The normalized spacial score (nSPS) is 11.3. The Bertz CT molecular complexity index is 809. The van der Waals surface area contributed by atoms with Crippen LogP contribution in [0.5, 0.6) is 0 Å². The molecule has 26 heavy (non-hydrogen) atoms. The summed E-state index contributed by atoms with van der Waals surface area (Å²) in [6.07, 6.45) is 1.25. The smallest absolute Gasteiger partial charge is 0.220 e. The number of hydrogen-bond donors (Lipinski definition) is 2. The third kappa shape index (κ3) is 7.19. The number of nitrogens with one attached hydrogen (secondary N) is 2. The van der Waals surface area contributed by atoms with Gasteiger partial charge in [-0.25, -0.2) is 13.1 Å². The summed E-state index contributed by atoms with van der Waals surface area (Å²) in [6.45, 7) is 0.333. The van der Waals surface area contributed by atoms with Crippen LogP contribution in [0, 0.1) is 0 Å². The molecule has 0 saturated carbocycles. The highest BCUT2D eigenvalue weighted by molar-refractivity contribution is 7.99. The molecule has 0 aliphatic carbocycles. The zero-order valence-corrected chi connectivity index (χ0v) is 16.4. The van der Waals surface area contributed by atoms with Crippen LogP contribution in [0.4, 0.5) is 0 Å². The maximum absolute atomic E-state index is 12.0. The Balaban J connectivity index is 1.77. The van der Waals surface area contributed by atoms with E-state index in [1.165, 1.54) is 11.9 Å². The average Bonchev–Trinajstić information content (AvgIpc) is 2.65. The Morgan fingerprint density at radius 2 is 1.65 bits per heavy atom. The van der Waals surface area contributed by atoms with Crippen LogP contribution < -0.4 is 10.0 Å². The number of rotatable bonds is 10. The molecule has 2 N–H and O–H groups in total. The van der Waals surface area contributed by atoms with Gasteiger partial charge in [0.05, 0.1) is 5.75 Å². The predicted molar refractivity (Wildman–Crippen MR) is 106 cm³/mol. The summed E-state index contributed by atoms with van der Waals surface area (Å²) in [5.41, 5.74) is 1.51. The fourth-order valence-electron chi connectivity index (χ4n) is 2.37. The predicted octanol–water partition coefficient (Wildman–Crippen LogP) is 2.92. The summed E-state index contributed by atoms with van der Waals surface area (Å²) >= 11 is 1.73. The Hall–Kier alpha value is -1.83. The van der Waals surface area contributed by atoms with Crippen LogP contribution in [0.15, 0.2) is 59.5 Å². The maximum atomic E-state index is 12.0. The van der Waals surface area contributed by atoms with Gasteiger partial charge in [-0.1, -0.05) is 42.5 Å². The third-order valence-corrected chi connectivity index (χ3v) is 6.22. The van der Waals surface area contributed by atoms with E-state index in [0.29, 0.717) is 18.5 Å². The van der Waals surface area contributed by atoms with E-state index >= 15 is 0 Å². The van der Waals surface area contributed by atoms with Crippen LogP contribution in [0.25, 0.3) is 0 Å². The SMILES string of the molecule is CNS(=O)(=O)Cc1ccccc1CNC(=O)CCCSc1ccccc1. The summed E-state index contributed by atoms with van der Waals surface area (Å²) in [7, 11) is -1.95. The zero-order chi connectivity index (χ0) is 18.8. The first-order chi connectivity index (χ1) is 12.5. The zero-order valence-electron chi connectivity index (χ0n) is 14.8. The lowest BCUT2D eigenvalue weighted by Crippen LogP contribution is -2.25. The Morgan fingerprint density at radius 3 is 2.35 bits per heavy atom. The summed E-state index contributed by atoms with van der Waals surface area (Å²) in [5, 5.41) is 2.88. The molecule has 0 aliphatic rings. The van der Waals surface area contributed by atoms with E-state index in [0.717, 1.165) is 17.7 Å². The molecule has 0 aromatic heterocycles. The van der Waals surface area contributed by atoms with Crippen molar-refractivity contribution in [2.75, 3.05) is 12.8 Å². The molecule has 0 bridgehead atoms. The largest absolute Gasteiger partial charge is 0.352 e. The van der Waals surface area contributed by atoms with Crippen molar-refractivity contribution in [3.63, 3.8) is 0 Å². The van der Waals surface area contributed by atoms with Gasteiger partial charge in [0.15, 0.2) is 0 Å². The minimum Gasteiger partial charge on any atom is -0.352 e. The standard InChI is InChI=1S/C19H24N2O3S2/c1-20-26(23,24)15-17-9-6-5-8-16(17)14-21-19(22)12-7-13-25-18-10-3-2-4-11-18/h2-6,8-11,20H,7,12-15H2,1H3,(H,21,22). The molecule has 2 aromatic carbocycles. The van der Waals surface area contributed by atoms with E-state index in [9.17, 15) is 13.2 Å². The number of thioether (sulfide) groups is 1. The van der Waals surface area contributed by atoms with Gasteiger partial charge in [0.1, 0.15) is 0 Å². The lowest BCUT2D eigenvalue weighted by Gasteiger charge is -2.11. The number of carbonyl (C=O) groups excluding carboxylic acids is 1. The molecular weight excluding hydrogens is 368 g/mol. The molecule has 7 heteroatoms. The van der Waals surface area contributed by atoms with Crippen LogP contribution >= 0.6 is 11.8 Å². The van der Waals surface area contributed by atoms with Crippen molar-refractivity contribution in [1.29, 1.82) is 0 Å². The van der Waals surface area contributed by atoms with Crippen LogP contribution in [0.3, 0.4) is 0 Å². The minimum atomic E-state index is -3.34. The summed E-state index contributed by atoms with van der Waals surface area (Å²) < 4.78 is 25.8. The van der Waals surface area contributed by atoms with E-state index in [1.54, 1.807) is 23.9 Å². The van der Waals surface area contributed by atoms with Gasteiger partial charge in [0.25, 0.3) is 0 Å². The number of hydrogen-bond acceptors (Lipinski definition) is 4. The monoisotopic (exact) mass is 392 g/mol. The molecule has 140 valence electrons. The van der Waals surface area contributed by atoms with Gasteiger partial charge in [0, 0.05) is 17.9 Å². The van der Waals surface area contributed by atoms with Gasteiger partial charge in [-0.2, -0.15) is 0 Å². The summed E-state index contributed by atoms with van der Waals surface area (Å²) in [4.78, 5) is 13.2. The molecule has 0 aliphatic heterocycles. The molecule has 5 nitrogen and oxygen atoms in total. The first-order valence-electron chi connectivity index (χ1n) is 8.43. The molecule has 0 saturated heterocycles. The van der Waals surface area contributed by atoms with Crippen molar-refractivity contribution < 1.29 is 13.2 Å². The van der Waals surface area contributed by atoms with Crippen molar-refractivity contribution in [2.24, 2.45) is 0 Å². The molecule has 0 radical (unpaired) electrons. The fraction of sp³-hybridized carbons (Fsp3) is 0.316. The van der Waals surface area contributed by atoms with E-state index in [4.69, 9.17) is 0 Å². The number of carbonyl (C=O) groups is 1. The summed E-state index contributed by atoms with van der Waals surface area (Å²) in [5.74, 6) is 0.766. The molecule has 0 atom stereocenters. The third-order valence-electron chi connectivity index (χ3n) is 3.81. The highest BCUT2D eigenvalue weighted by atomic mass is 32.2. The Kier molecular flexibility index (Phi) is 8.15. The molecule has 0 heterocycles. The second-order valence-corrected chi connectivity index (χ2v) is 8.87. The molecule has 0 spiro atoms. The fourth-order valence-corrected chi connectivity index (χ4v) is 4.08. The summed E-state index contributed by atoms with van der Waals surface area (Å²) in [6, 6.07) is 17.3. The maximum Gasteiger partial charge on any atom is 0.220 e. The molecular formula is C19H24N2O3S2. The molecule has 1 amide bonds. The van der Waals surface area contributed by atoms with Crippen LogP contribution in [0.1, 0.15) is 24.0 Å². The average molecular weight is 393 g/mol. The van der Waals surface area contributed by atoms with Gasteiger partial charge in [0.2, 0.25) is 15.9 Å². The lowest BCUT2D eigenvalue weighted by atomic mass is 10.1. The van der Waals surface area contributed by atoms with Gasteiger partial charge >= 0.3 is 0 Å². The first-order valence-corrected chi connectivity index (χ1v) is 11.1. The first kappa shape index (κ1) is 20.5. The lowest BCUT2D eigenvalue weighted by molar-refractivity contribution is -0.121. The van der Waals surface area contributed by atoms with Gasteiger partial charge < -0.3 is 5.32 Å². The Morgan fingerprint density at radius 1 is 1.00 bits per heavy atom. The van der Waals surface area contributed by atoms with E-state index in [2.05, 4.69) is 22.2 Å². The highest BCUT2D eigenvalue weighted by Crippen LogP contribution is 2.18. The van der Waals surface area contributed by atoms with Crippen molar-refractivity contribution in [3.05, 3.63) is 65.7 Å². The van der Waals surface area contributed by atoms with E-state index < -0.39 is 10.0 Å². The van der Waals surface area contributed by atoms with Crippen molar-refractivity contribution in [3.8, 4) is 0 Å². The number of sulfonamides is 1. The molecule has 2 rings (SSSR count). The van der Waals surface area contributed by atoms with Crippen molar-refractivity contribution in [2.45, 2.75) is 30.0 Å². The van der Waals surface area contributed by atoms with Gasteiger partial charge in [-0.3, -0.25) is 4.79 Å². The quantitative estimate of drug-likeness (QED) is 0.482. The second kappa shape index (κ2) is 10.4. The van der Waals surface area contributed by atoms with Gasteiger partial charge in [-0.05, 0) is 42.5 Å².